The molecule has 1 saturated heterocycles. The van der Waals surface area contributed by atoms with E-state index in [1.54, 1.807) is 0 Å². The van der Waals surface area contributed by atoms with Crippen molar-refractivity contribution >= 4 is 5.91 Å². The van der Waals surface area contributed by atoms with E-state index in [1.807, 2.05) is 30.3 Å². The van der Waals surface area contributed by atoms with Crippen molar-refractivity contribution in [1.29, 1.82) is 0 Å². The van der Waals surface area contributed by atoms with Crippen molar-refractivity contribution in [2.24, 2.45) is 5.41 Å². The minimum atomic E-state index is -0.185. The van der Waals surface area contributed by atoms with Crippen molar-refractivity contribution < 1.29 is 9.53 Å². The van der Waals surface area contributed by atoms with Gasteiger partial charge in [-0.3, -0.25) is 4.79 Å². The van der Waals surface area contributed by atoms with E-state index in [4.69, 9.17) is 4.74 Å². The standard InChI is InChI=1S/C17H26N2O2/c1-2-9-17(10-12-18-14-17)16(20)19-11-6-13-21-15-7-4-3-5-8-15/h3-5,7-8,18H,2,6,9-14H2,1H3,(H,19,20). The second kappa shape index (κ2) is 8.03. The minimum absolute atomic E-state index is 0.185. The number of amides is 1. The molecule has 4 nitrogen and oxygen atoms in total. The topological polar surface area (TPSA) is 50.4 Å². The molecule has 116 valence electrons. The van der Waals surface area contributed by atoms with Crippen molar-refractivity contribution in [2.75, 3.05) is 26.2 Å². The molecule has 1 aromatic rings. The highest BCUT2D eigenvalue weighted by Crippen LogP contribution is 2.31. The van der Waals surface area contributed by atoms with Gasteiger partial charge in [-0.25, -0.2) is 0 Å². The maximum absolute atomic E-state index is 12.4. The molecule has 0 saturated carbocycles. The third-order valence-electron chi connectivity index (χ3n) is 4.07. The zero-order chi connectivity index (χ0) is 15.0. The summed E-state index contributed by atoms with van der Waals surface area (Å²) in [7, 11) is 0. The van der Waals surface area contributed by atoms with Crippen LogP contribution in [-0.2, 0) is 4.79 Å². The van der Waals surface area contributed by atoms with Crippen molar-refractivity contribution in [3.05, 3.63) is 30.3 Å². The first kappa shape index (κ1) is 15.8. The zero-order valence-corrected chi connectivity index (χ0v) is 12.9. The maximum atomic E-state index is 12.4. The highest BCUT2D eigenvalue weighted by Gasteiger charge is 2.39. The Morgan fingerprint density at radius 2 is 2.19 bits per heavy atom. The molecular weight excluding hydrogens is 264 g/mol. The van der Waals surface area contributed by atoms with Gasteiger partial charge in [0.15, 0.2) is 0 Å². The van der Waals surface area contributed by atoms with Gasteiger partial charge in [0.2, 0.25) is 5.91 Å². The van der Waals surface area contributed by atoms with Crippen molar-refractivity contribution in [3.8, 4) is 5.75 Å². The van der Waals surface area contributed by atoms with Crippen LogP contribution in [0.25, 0.3) is 0 Å². The summed E-state index contributed by atoms with van der Waals surface area (Å²) in [6.07, 6.45) is 3.79. The van der Waals surface area contributed by atoms with Gasteiger partial charge in [-0.05, 0) is 37.9 Å². The van der Waals surface area contributed by atoms with Gasteiger partial charge in [0, 0.05) is 13.1 Å². The lowest BCUT2D eigenvalue weighted by atomic mass is 9.81. The first-order valence-electron chi connectivity index (χ1n) is 7.94. The summed E-state index contributed by atoms with van der Waals surface area (Å²) in [5.74, 6) is 1.08. The van der Waals surface area contributed by atoms with Crippen LogP contribution in [0.15, 0.2) is 30.3 Å². The molecule has 0 aliphatic carbocycles. The summed E-state index contributed by atoms with van der Waals surface area (Å²) in [5.41, 5.74) is -0.185. The summed E-state index contributed by atoms with van der Waals surface area (Å²) in [6.45, 7) is 5.21. The van der Waals surface area contributed by atoms with Gasteiger partial charge < -0.3 is 15.4 Å². The molecule has 1 atom stereocenters. The van der Waals surface area contributed by atoms with Gasteiger partial charge in [0.1, 0.15) is 5.75 Å². The maximum Gasteiger partial charge on any atom is 0.227 e. The molecule has 0 bridgehead atoms. The first-order valence-corrected chi connectivity index (χ1v) is 7.94. The molecule has 1 aliphatic rings. The fraction of sp³-hybridized carbons (Fsp3) is 0.588. The summed E-state index contributed by atoms with van der Waals surface area (Å²) in [5, 5.41) is 6.39. The second-order valence-corrected chi connectivity index (χ2v) is 5.73. The van der Waals surface area contributed by atoms with E-state index in [0.717, 1.165) is 44.5 Å². The van der Waals surface area contributed by atoms with Gasteiger partial charge in [-0.15, -0.1) is 0 Å². The number of ether oxygens (including phenoxy) is 1. The van der Waals surface area contributed by atoms with Crippen LogP contribution in [0.4, 0.5) is 0 Å². The van der Waals surface area contributed by atoms with Gasteiger partial charge in [-0.1, -0.05) is 31.5 Å². The molecule has 1 fully saturated rings. The van der Waals surface area contributed by atoms with E-state index in [2.05, 4.69) is 17.6 Å². The summed E-state index contributed by atoms with van der Waals surface area (Å²) in [4.78, 5) is 12.4. The Labute approximate surface area is 127 Å². The number of para-hydroxylation sites is 1. The highest BCUT2D eigenvalue weighted by atomic mass is 16.5. The number of rotatable bonds is 8. The molecule has 1 aliphatic heterocycles. The van der Waals surface area contributed by atoms with Crippen molar-refractivity contribution in [1.82, 2.24) is 10.6 Å². The predicted octanol–water partition coefficient (Wildman–Crippen LogP) is 2.35. The van der Waals surface area contributed by atoms with E-state index in [0.29, 0.717) is 13.2 Å². The number of benzene rings is 1. The number of carbonyl (C=O) groups is 1. The number of hydrogen-bond acceptors (Lipinski definition) is 3. The lowest BCUT2D eigenvalue weighted by Crippen LogP contribution is -2.43. The van der Waals surface area contributed by atoms with Crippen molar-refractivity contribution in [2.45, 2.75) is 32.6 Å². The van der Waals surface area contributed by atoms with Crippen LogP contribution in [0.2, 0.25) is 0 Å². The molecule has 0 aromatic heterocycles. The Bertz CT molecular complexity index is 428. The van der Waals surface area contributed by atoms with Gasteiger partial charge >= 0.3 is 0 Å². The molecular formula is C17H26N2O2. The van der Waals surface area contributed by atoms with Crippen LogP contribution in [0, 0.1) is 5.41 Å². The quantitative estimate of drug-likeness (QED) is 0.723. The molecule has 1 aromatic carbocycles. The highest BCUT2D eigenvalue weighted by molar-refractivity contribution is 5.83. The molecule has 1 unspecified atom stereocenters. The molecule has 1 heterocycles. The second-order valence-electron chi connectivity index (χ2n) is 5.73. The van der Waals surface area contributed by atoms with Crippen LogP contribution < -0.4 is 15.4 Å². The zero-order valence-electron chi connectivity index (χ0n) is 12.9. The van der Waals surface area contributed by atoms with E-state index < -0.39 is 0 Å². The number of hydrogen-bond donors (Lipinski definition) is 2. The van der Waals surface area contributed by atoms with Gasteiger partial charge in [0.25, 0.3) is 0 Å². The lowest BCUT2D eigenvalue weighted by molar-refractivity contribution is -0.130. The largest absolute Gasteiger partial charge is 0.494 e. The van der Waals surface area contributed by atoms with E-state index >= 15 is 0 Å². The third kappa shape index (κ3) is 4.46. The SMILES string of the molecule is CCCC1(C(=O)NCCCOc2ccccc2)CCNC1. The van der Waals surface area contributed by atoms with Crippen LogP contribution in [0.3, 0.4) is 0 Å². The molecule has 0 radical (unpaired) electrons. The average molecular weight is 290 g/mol. The van der Waals surface area contributed by atoms with Crippen LogP contribution >= 0.6 is 0 Å². The van der Waals surface area contributed by atoms with E-state index in [1.165, 1.54) is 0 Å². The molecule has 4 heteroatoms. The Hall–Kier alpha value is -1.55. The Morgan fingerprint density at radius 3 is 2.86 bits per heavy atom. The molecule has 2 N–H and O–H groups in total. The van der Waals surface area contributed by atoms with Gasteiger partial charge in [0.05, 0.1) is 12.0 Å². The normalized spacial score (nSPS) is 21.2. The minimum Gasteiger partial charge on any atom is -0.494 e. The molecule has 2 rings (SSSR count). The Balaban J connectivity index is 1.67. The number of carbonyl (C=O) groups excluding carboxylic acids is 1. The number of nitrogens with one attached hydrogen (secondary N) is 2. The molecule has 1 amide bonds. The molecule has 21 heavy (non-hydrogen) atoms. The summed E-state index contributed by atoms with van der Waals surface area (Å²) in [6, 6.07) is 9.77. The fourth-order valence-corrected chi connectivity index (χ4v) is 2.91. The summed E-state index contributed by atoms with van der Waals surface area (Å²) >= 11 is 0. The fourth-order valence-electron chi connectivity index (χ4n) is 2.91. The van der Waals surface area contributed by atoms with Crippen LogP contribution in [-0.4, -0.2) is 32.1 Å². The molecule has 0 spiro atoms. The smallest absolute Gasteiger partial charge is 0.227 e. The lowest BCUT2D eigenvalue weighted by Gasteiger charge is -2.26. The Morgan fingerprint density at radius 1 is 1.38 bits per heavy atom. The monoisotopic (exact) mass is 290 g/mol. The van der Waals surface area contributed by atoms with Gasteiger partial charge in [-0.2, -0.15) is 0 Å². The third-order valence-corrected chi connectivity index (χ3v) is 4.07. The Kier molecular flexibility index (Phi) is 6.05. The van der Waals surface area contributed by atoms with E-state index in [-0.39, 0.29) is 11.3 Å². The van der Waals surface area contributed by atoms with Crippen LogP contribution in [0.5, 0.6) is 5.75 Å². The average Bonchev–Trinajstić information content (AvgIpc) is 2.98. The summed E-state index contributed by atoms with van der Waals surface area (Å²) < 4.78 is 5.62. The predicted molar refractivity (Wildman–Crippen MR) is 84.4 cm³/mol. The van der Waals surface area contributed by atoms with E-state index in [9.17, 15) is 4.79 Å². The first-order chi connectivity index (χ1) is 10.3. The van der Waals surface area contributed by atoms with Crippen LogP contribution in [0.1, 0.15) is 32.6 Å². The van der Waals surface area contributed by atoms with Crippen molar-refractivity contribution in [3.63, 3.8) is 0 Å².